The number of hydrogen-bond acceptors (Lipinski definition) is 10. The van der Waals surface area contributed by atoms with E-state index in [1.807, 2.05) is 22.6 Å². The van der Waals surface area contributed by atoms with Gasteiger partial charge in [-0.2, -0.15) is 20.3 Å². The molecule has 1 amide bonds. The van der Waals surface area contributed by atoms with Crippen LogP contribution in [0.1, 0.15) is 101 Å². The molecule has 4 aliphatic heterocycles. The fourth-order valence-electron chi connectivity index (χ4n) is 9.26. The first kappa shape index (κ1) is 33.8. The van der Waals surface area contributed by atoms with E-state index in [0.717, 1.165) is 52.9 Å². The molecule has 3 aromatic rings. The number of halogens is 2. The number of carbonyl (C=O) groups excluding carboxylic acids is 1. The fourth-order valence-corrected chi connectivity index (χ4v) is 9.26. The van der Waals surface area contributed by atoms with Crippen molar-refractivity contribution in [2.75, 3.05) is 51.0 Å². The lowest BCUT2D eigenvalue weighted by Crippen LogP contribution is -2.44. The number of hydrogen-bond donors (Lipinski definition) is 1. The maximum atomic E-state index is 14.7. The molecule has 3 unspecified atom stereocenters. The van der Waals surface area contributed by atoms with Gasteiger partial charge in [0.05, 0.1) is 42.2 Å². The Labute approximate surface area is 296 Å². The number of nitriles is 1. The molecular weight excluding hydrogens is 656 g/mol. The zero-order chi connectivity index (χ0) is 35.9. The van der Waals surface area contributed by atoms with E-state index in [9.17, 15) is 18.8 Å². The summed E-state index contributed by atoms with van der Waals surface area (Å²) in [6.07, 6.45) is 3.93. The number of aromatic nitrogens is 4. The summed E-state index contributed by atoms with van der Waals surface area (Å²) >= 11 is 0. The van der Waals surface area contributed by atoms with Crippen LogP contribution in [0, 0.1) is 18.3 Å². The zero-order valence-corrected chi connectivity index (χ0v) is 29.8. The molecule has 0 bridgehead atoms. The van der Waals surface area contributed by atoms with Crippen molar-refractivity contribution < 1.29 is 23.0 Å². The van der Waals surface area contributed by atoms with E-state index in [0.29, 0.717) is 68.2 Å². The van der Waals surface area contributed by atoms with Crippen LogP contribution in [0.5, 0.6) is 6.01 Å². The molecule has 8 rings (SSSR count). The number of nitrogens with two attached hydrogens (primary N) is 1. The van der Waals surface area contributed by atoms with E-state index in [2.05, 4.69) is 17.9 Å². The molecule has 1 aliphatic carbocycles. The summed E-state index contributed by atoms with van der Waals surface area (Å²) in [6.45, 7) is 6.49. The van der Waals surface area contributed by atoms with Gasteiger partial charge in [-0.1, -0.05) is 13.0 Å². The van der Waals surface area contributed by atoms with Crippen molar-refractivity contribution in [1.82, 2.24) is 29.5 Å². The molecule has 1 spiro atoms. The molecule has 51 heavy (non-hydrogen) atoms. The van der Waals surface area contributed by atoms with Gasteiger partial charge in [0.25, 0.3) is 11.8 Å². The minimum absolute atomic E-state index is 0.0693. The Morgan fingerprint density at radius 1 is 1.20 bits per heavy atom. The van der Waals surface area contributed by atoms with Gasteiger partial charge in [-0.05, 0) is 63.1 Å². The third-order valence-corrected chi connectivity index (χ3v) is 11.9. The van der Waals surface area contributed by atoms with Crippen molar-refractivity contribution in [3.8, 4) is 12.1 Å². The van der Waals surface area contributed by atoms with Crippen LogP contribution in [-0.2, 0) is 36.5 Å². The molecule has 2 aromatic heterocycles. The molecule has 5 aliphatic rings. The third-order valence-electron chi connectivity index (χ3n) is 11.9. The number of carbonyl (C=O) groups is 1. The first-order valence-electron chi connectivity index (χ1n) is 18.0. The van der Waals surface area contributed by atoms with Gasteiger partial charge in [0.1, 0.15) is 24.1 Å². The summed E-state index contributed by atoms with van der Waals surface area (Å²) < 4.78 is 44.6. The van der Waals surface area contributed by atoms with Gasteiger partial charge in [-0.25, -0.2) is 8.78 Å². The second-order valence-electron chi connectivity index (χ2n) is 15.4. The number of ether oxygens (including phenoxy) is 2. The highest BCUT2D eigenvalue weighted by Crippen LogP contribution is 2.51. The van der Waals surface area contributed by atoms with Crippen molar-refractivity contribution >= 4 is 17.4 Å². The van der Waals surface area contributed by atoms with E-state index in [4.69, 9.17) is 30.3 Å². The Kier molecular flexibility index (Phi) is 8.03. The Hall–Kier alpha value is -4.35. The van der Waals surface area contributed by atoms with Crippen LogP contribution in [0.15, 0.2) is 12.1 Å². The number of anilines is 2. The first-order chi connectivity index (χ1) is 24.3. The van der Waals surface area contributed by atoms with Crippen LogP contribution in [0.2, 0.25) is 0 Å². The lowest BCUT2D eigenvalue weighted by atomic mass is 9.69. The van der Waals surface area contributed by atoms with E-state index >= 15 is 0 Å². The molecule has 2 fully saturated rings. The Morgan fingerprint density at radius 3 is 2.80 bits per heavy atom. The minimum atomic E-state index is -2.76. The number of rotatable bonds is 5. The Bertz CT molecular complexity index is 1960. The molecule has 6 heterocycles. The smallest absolute Gasteiger partial charge is 0.318 e. The van der Waals surface area contributed by atoms with E-state index in [1.54, 1.807) is 20.2 Å². The van der Waals surface area contributed by atoms with Gasteiger partial charge in [0, 0.05) is 62.4 Å². The Morgan fingerprint density at radius 2 is 2.02 bits per heavy atom. The predicted molar refractivity (Wildman–Crippen MR) is 185 cm³/mol. The molecule has 0 radical (unpaired) electrons. The molecule has 14 heteroatoms. The van der Waals surface area contributed by atoms with Gasteiger partial charge in [-0.3, -0.25) is 14.4 Å². The minimum Gasteiger partial charge on any atom is -0.461 e. The molecule has 0 saturated carbocycles. The van der Waals surface area contributed by atoms with Crippen molar-refractivity contribution in [2.45, 2.75) is 101 Å². The van der Waals surface area contributed by atoms with Gasteiger partial charge in [-0.15, -0.1) is 0 Å². The summed E-state index contributed by atoms with van der Waals surface area (Å²) in [6, 6.07) is 6.32. The largest absolute Gasteiger partial charge is 0.461 e. The lowest BCUT2D eigenvalue weighted by molar-refractivity contribution is -0.0873. The van der Waals surface area contributed by atoms with Gasteiger partial charge in [0.2, 0.25) is 0 Å². The monoisotopic (exact) mass is 701 g/mol. The molecule has 12 nitrogen and oxygen atoms in total. The van der Waals surface area contributed by atoms with Crippen LogP contribution >= 0.6 is 0 Å². The van der Waals surface area contributed by atoms with Crippen molar-refractivity contribution in [2.24, 2.45) is 0 Å². The standard InChI is InChI=1S/C37H45F2N9O3/c1-22-9-11-36(30-24(22)7-8-27(41)25(30)16-40)15-28-26(18-51-36)32(43-34(42-28)50-21-35-10-5-13-47(35)20-37(38,39)19-35)46-12-6-14-48-29(17-46)23(2)31(44-48)33(49)45(3)4/h7-8,22H,5-6,9-15,17-21,41H2,1-4H3. The molecule has 3 atom stereocenters. The average Bonchev–Trinajstić information content (AvgIpc) is 3.63. The highest BCUT2D eigenvalue weighted by molar-refractivity contribution is 5.93. The number of nitrogens with zero attached hydrogens (tertiary/aromatic N) is 8. The number of alkyl halides is 2. The van der Waals surface area contributed by atoms with Gasteiger partial charge >= 0.3 is 6.01 Å². The fraction of sp³-hybridized carbons (Fsp3) is 0.595. The zero-order valence-electron chi connectivity index (χ0n) is 29.8. The second kappa shape index (κ2) is 12.1. The highest BCUT2D eigenvalue weighted by Gasteiger charge is 2.57. The molecule has 270 valence electrons. The third kappa shape index (κ3) is 5.51. The van der Waals surface area contributed by atoms with Crippen LogP contribution < -0.4 is 15.4 Å². The number of fused-ring (bicyclic) bond motifs is 5. The summed E-state index contributed by atoms with van der Waals surface area (Å²) in [5, 5.41) is 15.0. The van der Waals surface area contributed by atoms with Crippen molar-refractivity contribution in [3.05, 3.63) is 57.0 Å². The van der Waals surface area contributed by atoms with E-state index in [-0.39, 0.29) is 44.0 Å². The normalized spacial score (nSPS) is 26.5. The maximum Gasteiger partial charge on any atom is 0.318 e. The Balaban J connectivity index is 1.20. The molecular formula is C37H45F2N9O3. The van der Waals surface area contributed by atoms with Crippen LogP contribution in [-0.4, -0.2) is 87.3 Å². The summed E-state index contributed by atoms with van der Waals surface area (Å²) in [4.78, 5) is 28.6. The SMILES string of the molecule is Cc1c(C(=O)N(C)C)nn2c1CN(c1nc(OCC34CCCN3CC(F)(F)C4)nc3c1COC1(CCC(C)c4ccc(N)c(C#N)c41)C3)CCC2. The topological polar surface area (TPSA) is 139 Å². The maximum absolute atomic E-state index is 14.7. The second-order valence-corrected chi connectivity index (χ2v) is 15.4. The predicted octanol–water partition coefficient (Wildman–Crippen LogP) is 4.67. The summed E-state index contributed by atoms with van der Waals surface area (Å²) in [7, 11) is 3.44. The number of amides is 1. The summed E-state index contributed by atoms with van der Waals surface area (Å²) in [5.74, 6) is -2.02. The number of benzene rings is 1. The van der Waals surface area contributed by atoms with Crippen LogP contribution in [0.25, 0.3) is 0 Å². The van der Waals surface area contributed by atoms with Gasteiger partial charge < -0.3 is 25.0 Å². The lowest BCUT2D eigenvalue weighted by Gasteiger charge is -2.45. The van der Waals surface area contributed by atoms with E-state index < -0.39 is 17.1 Å². The summed E-state index contributed by atoms with van der Waals surface area (Å²) in [5.41, 5.74) is 11.3. The van der Waals surface area contributed by atoms with Crippen molar-refractivity contribution in [3.63, 3.8) is 0 Å². The molecule has 2 N–H and O–H groups in total. The van der Waals surface area contributed by atoms with Gasteiger partial charge in [0.15, 0.2) is 5.69 Å². The molecule has 1 aromatic carbocycles. The van der Waals surface area contributed by atoms with Crippen LogP contribution in [0.3, 0.4) is 0 Å². The molecule has 2 saturated heterocycles. The van der Waals surface area contributed by atoms with E-state index in [1.165, 1.54) is 4.90 Å². The number of nitrogen functional groups attached to an aromatic ring is 1. The van der Waals surface area contributed by atoms with Crippen molar-refractivity contribution in [1.29, 1.82) is 5.26 Å². The first-order valence-corrected chi connectivity index (χ1v) is 18.0. The number of aryl methyl sites for hydroxylation is 1. The van der Waals surface area contributed by atoms with Crippen LogP contribution in [0.4, 0.5) is 20.3 Å². The highest BCUT2D eigenvalue weighted by atomic mass is 19.3. The average molecular weight is 702 g/mol. The quantitative estimate of drug-likeness (QED) is 0.374.